The molecule has 16 aromatic rings. The predicted octanol–water partition coefficient (Wildman–Crippen LogP) is 23.2. The van der Waals surface area contributed by atoms with Gasteiger partial charge in [0.05, 0.1) is 34.1 Å². The maximum absolute atomic E-state index is 8.47. The highest BCUT2D eigenvalue weighted by Gasteiger charge is 2.64. The first-order valence-corrected chi connectivity index (χ1v) is 32.2. The van der Waals surface area contributed by atoms with Crippen molar-refractivity contribution in [3.63, 3.8) is 0 Å². The molecule has 3 aliphatic rings. The largest absolute Gasteiger partial charge is 0.443 e. The van der Waals surface area contributed by atoms with Crippen LogP contribution >= 0.6 is 22.7 Å². The van der Waals surface area contributed by atoms with Gasteiger partial charge in [0.1, 0.15) is 22.4 Å². The summed E-state index contributed by atoms with van der Waals surface area (Å²) in [6.07, 6.45) is 0. The maximum atomic E-state index is 8.47. The third-order valence-electron chi connectivity index (χ3n) is 18.9. The number of furan rings is 2. The lowest BCUT2D eigenvalue weighted by Crippen LogP contribution is -2.48. The molecule has 0 bridgehead atoms. The fourth-order valence-electron chi connectivity index (χ4n) is 15.4. The summed E-state index contributed by atoms with van der Waals surface area (Å²) in [6, 6.07) is 115. The van der Waals surface area contributed by atoms with Crippen LogP contribution in [0.5, 0.6) is 0 Å². The lowest BCUT2D eigenvalue weighted by atomic mass is 9.53. The minimum atomic E-state index is -1.16. The summed E-state index contributed by atoms with van der Waals surface area (Å²) >= 11 is 3.65. The normalized spacial score (nSPS) is 13.9. The molecule has 19 rings (SSSR count). The molecular weight excluding hydrogens is 1140 g/mol. The highest BCUT2D eigenvalue weighted by atomic mass is 32.1. The molecule has 2 spiro atoms. The van der Waals surface area contributed by atoms with Gasteiger partial charge in [0.2, 0.25) is 11.8 Å². The summed E-state index contributed by atoms with van der Waals surface area (Å²) in [5.74, 6) is 2.98. The number of anilines is 12. The Labute approximate surface area is 527 Å². The Morgan fingerprint density at radius 1 is 0.278 bits per heavy atom. The first-order valence-electron chi connectivity index (χ1n) is 30.6. The monoisotopic (exact) mass is 1190 g/mol. The fourth-order valence-corrected chi connectivity index (χ4v) is 17.7. The van der Waals surface area contributed by atoms with Gasteiger partial charge in [0, 0.05) is 86.4 Å². The number of benzene rings is 12. The Bertz CT molecular complexity index is 5010. The van der Waals surface area contributed by atoms with Crippen molar-refractivity contribution in [2.45, 2.75) is 10.8 Å². The van der Waals surface area contributed by atoms with E-state index in [-0.39, 0.29) is 0 Å². The van der Waals surface area contributed by atoms with Gasteiger partial charge in [-0.15, -0.1) is 22.7 Å². The third kappa shape index (κ3) is 7.02. The van der Waals surface area contributed by atoms with Crippen LogP contribution in [0.3, 0.4) is 0 Å². The molecule has 424 valence electrons. The van der Waals surface area contributed by atoms with Crippen molar-refractivity contribution in [2.24, 2.45) is 0 Å². The molecule has 0 unspecified atom stereocenters. The number of hydrogen-bond acceptors (Lipinski definition) is 8. The number of hydrogen-bond donors (Lipinski definition) is 0. The van der Waals surface area contributed by atoms with Crippen molar-refractivity contribution in [3.8, 4) is 0 Å². The van der Waals surface area contributed by atoms with Crippen LogP contribution in [0, 0.1) is 0 Å². The first-order chi connectivity index (χ1) is 44.7. The first kappa shape index (κ1) is 50.9. The minimum Gasteiger partial charge on any atom is -0.443 e. The number of para-hydroxylation sites is 8. The van der Waals surface area contributed by atoms with Crippen molar-refractivity contribution >= 4 is 132 Å². The van der Waals surface area contributed by atoms with Crippen LogP contribution in [-0.2, 0) is 10.8 Å². The number of fused-ring (bicyclic) bond motifs is 20. The van der Waals surface area contributed by atoms with Crippen molar-refractivity contribution in [2.75, 3.05) is 19.6 Å². The van der Waals surface area contributed by atoms with Crippen LogP contribution in [0.25, 0.3) is 40.3 Å². The van der Waals surface area contributed by atoms with Crippen molar-refractivity contribution in [1.29, 1.82) is 0 Å². The Kier molecular flexibility index (Phi) is 11.1. The second kappa shape index (κ2) is 19.7. The Balaban J connectivity index is 1.01. The standard InChI is InChI=1S/C82H52N4O2S2/c1-5-27-53(28-6-1)83-65-41-19-15-37-59(65)81(60-38-16-20-42-66(60)83)63-51-75(85(55-31-9-3-10-32-55)69-45-25-49-73-77(69)57-35-13-23-47-71(57)89-73)88-80(63)82(61-39-17-21-43-67(61)84(54-29-7-2-8-30-54)68-44-22-18-40-62(68)82)64-52-76(87-79(64)81)86(56-33-11-4-12-34-56)70-46-26-50-74-78(70)58-36-14-24-48-72(58)90-74/h1-52H. The average Bonchev–Trinajstić information content (AvgIpc) is 1.28. The molecule has 0 radical (unpaired) electrons. The second-order valence-electron chi connectivity index (χ2n) is 23.4. The van der Waals surface area contributed by atoms with Gasteiger partial charge in [0.15, 0.2) is 0 Å². The van der Waals surface area contributed by atoms with E-state index in [0.29, 0.717) is 11.8 Å². The molecule has 1 aliphatic carbocycles. The zero-order valence-electron chi connectivity index (χ0n) is 48.4. The van der Waals surface area contributed by atoms with Crippen LogP contribution in [0.4, 0.5) is 68.6 Å². The summed E-state index contributed by atoms with van der Waals surface area (Å²) in [6.45, 7) is 0. The van der Waals surface area contributed by atoms with Gasteiger partial charge >= 0.3 is 0 Å². The highest BCUT2D eigenvalue weighted by Crippen LogP contribution is 2.70. The van der Waals surface area contributed by atoms with Crippen LogP contribution in [0.2, 0.25) is 0 Å². The third-order valence-corrected chi connectivity index (χ3v) is 21.1. The van der Waals surface area contributed by atoms with Gasteiger partial charge in [-0.3, -0.25) is 9.80 Å². The Morgan fingerprint density at radius 3 is 0.967 bits per heavy atom. The van der Waals surface area contributed by atoms with Crippen LogP contribution in [0.1, 0.15) is 44.9 Å². The van der Waals surface area contributed by atoms with E-state index in [2.05, 4.69) is 335 Å². The summed E-state index contributed by atoms with van der Waals surface area (Å²) in [5.41, 5.74) is 14.2. The minimum absolute atomic E-state index is 0.681. The van der Waals surface area contributed by atoms with E-state index in [4.69, 9.17) is 8.83 Å². The molecule has 0 atom stereocenters. The topological polar surface area (TPSA) is 39.2 Å². The van der Waals surface area contributed by atoms with Gasteiger partial charge in [-0.2, -0.15) is 0 Å². The molecule has 4 aromatic heterocycles. The molecule has 2 aliphatic heterocycles. The Morgan fingerprint density at radius 2 is 0.589 bits per heavy atom. The van der Waals surface area contributed by atoms with E-state index in [1.165, 1.54) is 40.3 Å². The average molecular weight is 1190 g/mol. The quantitative estimate of drug-likeness (QED) is 0.151. The molecule has 0 saturated carbocycles. The number of nitrogens with zero attached hydrogens (tertiary/aromatic N) is 4. The van der Waals surface area contributed by atoms with Gasteiger partial charge in [-0.1, -0.05) is 194 Å². The predicted molar refractivity (Wildman–Crippen MR) is 373 cm³/mol. The van der Waals surface area contributed by atoms with Crippen LogP contribution in [-0.4, -0.2) is 0 Å². The zero-order valence-corrected chi connectivity index (χ0v) is 50.1. The van der Waals surface area contributed by atoms with E-state index in [1.54, 1.807) is 0 Å². The van der Waals surface area contributed by atoms with Crippen molar-refractivity contribution in [1.82, 2.24) is 0 Å². The molecular formula is C82H52N4O2S2. The summed E-state index contributed by atoms with van der Waals surface area (Å²) in [5, 5.41) is 4.74. The molecule has 0 amide bonds. The van der Waals surface area contributed by atoms with E-state index >= 15 is 0 Å². The van der Waals surface area contributed by atoms with Crippen molar-refractivity contribution < 1.29 is 8.83 Å². The van der Waals surface area contributed by atoms with E-state index in [1.807, 2.05) is 22.7 Å². The fraction of sp³-hybridized carbons (Fsp3) is 0.0244. The SMILES string of the molecule is c1ccc(N2c3ccccc3C3(c4ccccc42)c2cc(N(c4ccccc4)c4cccc5sc6ccccc6c45)oc2C2(c4ccccc4N(c4ccccc4)c4ccccc42)c2cc(N(c4ccccc4)c4cccc5sc6ccccc6c45)oc23)cc1. The molecule has 90 heavy (non-hydrogen) atoms. The lowest BCUT2D eigenvalue weighted by molar-refractivity contribution is 0.398. The smallest absolute Gasteiger partial charge is 0.205 e. The van der Waals surface area contributed by atoms with Crippen molar-refractivity contribution in [3.05, 3.63) is 360 Å². The molecule has 6 heterocycles. The van der Waals surface area contributed by atoms with Gasteiger partial charge in [0.25, 0.3) is 0 Å². The molecule has 12 aromatic carbocycles. The molecule has 6 nitrogen and oxygen atoms in total. The van der Waals surface area contributed by atoms with Crippen LogP contribution in [0.15, 0.2) is 324 Å². The van der Waals surface area contributed by atoms with Gasteiger partial charge in [-0.25, -0.2) is 0 Å². The van der Waals surface area contributed by atoms with E-state index in [0.717, 1.165) is 102 Å². The Hall–Kier alpha value is -11.2. The van der Waals surface area contributed by atoms with E-state index in [9.17, 15) is 0 Å². The molecule has 8 heteroatoms. The lowest BCUT2D eigenvalue weighted by Gasteiger charge is -2.51. The molecule has 0 N–H and O–H groups in total. The van der Waals surface area contributed by atoms with Crippen LogP contribution < -0.4 is 19.6 Å². The molecule has 0 fully saturated rings. The summed E-state index contributed by atoms with van der Waals surface area (Å²) < 4.78 is 21.8. The number of thiophene rings is 2. The van der Waals surface area contributed by atoms with E-state index < -0.39 is 10.8 Å². The molecule has 0 saturated heterocycles. The summed E-state index contributed by atoms with van der Waals surface area (Å²) in [7, 11) is 0. The summed E-state index contributed by atoms with van der Waals surface area (Å²) in [4.78, 5) is 9.60. The zero-order chi connectivity index (χ0) is 59.1. The maximum Gasteiger partial charge on any atom is 0.205 e. The number of rotatable bonds is 8. The highest BCUT2D eigenvalue weighted by molar-refractivity contribution is 7.26. The second-order valence-corrected chi connectivity index (χ2v) is 25.6. The van der Waals surface area contributed by atoms with Gasteiger partial charge in [-0.05, 0) is 131 Å². The van der Waals surface area contributed by atoms with Gasteiger partial charge < -0.3 is 18.6 Å².